The Kier molecular flexibility index (Phi) is 4.57. The van der Waals surface area contributed by atoms with E-state index in [2.05, 4.69) is 9.88 Å². The summed E-state index contributed by atoms with van der Waals surface area (Å²) < 4.78 is 5.32. The number of rotatable bonds is 4. The molecule has 0 bridgehead atoms. The van der Waals surface area contributed by atoms with Gasteiger partial charge >= 0.3 is 0 Å². The van der Waals surface area contributed by atoms with Crippen molar-refractivity contribution in [1.29, 1.82) is 0 Å². The van der Waals surface area contributed by atoms with Crippen LogP contribution in [0.2, 0.25) is 5.02 Å². The largest absolute Gasteiger partial charge is 0.497 e. The van der Waals surface area contributed by atoms with E-state index in [9.17, 15) is 4.79 Å². The number of nitrogens with two attached hydrogens (primary N) is 1. The second kappa shape index (κ2) is 6.62. The zero-order valence-corrected chi connectivity index (χ0v) is 13.8. The highest BCUT2D eigenvalue weighted by Crippen LogP contribution is 2.37. The molecular formula is C17H20ClN3O2. The highest BCUT2D eigenvalue weighted by Gasteiger charge is 2.23. The van der Waals surface area contributed by atoms with E-state index in [1.54, 1.807) is 13.3 Å². The monoisotopic (exact) mass is 333 g/mol. The first-order valence-electron chi connectivity index (χ1n) is 7.74. The van der Waals surface area contributed by atoms with Crippen LogP contribution in [0.1, 0.15) is 19.3 Å². The van der Waals surface area contributed by atoms with Gasteiger partial charge in [-0.05, 0) is 37.0 Å². The number of piperidine rings is 1. The molecule has 2 N–H and O–H groups in total. The second-order valence-electron chi connectivity index (χ2n) is 5.94. The molecule has 6 heteroatoms. The molecular weight excluding hydrogens is 314 g/mol. The molecule has 0 aliphatic carbocycles. The average molecular weight is 334 g/mol. The molecule has 2 aromatic rings. The Bertz CT molecular complexity index is 727. The predicted octanol–water partition coefficient (Wildman–Crippen LogP) is 2.99. The first-order valence-corrected chi connectivity index (χ1v) is 8.11. The van der Waals surface area contributed by atoms with Crippen LogP contribution >= 0.6 is 11.6 Å². The van der Waals surface area contributed by atoms with Gasteiger partial charge in [0.2, 0.25) is 5.91 Å². The van der Waals surface area contributed by atoms with E-state index < -0.39 is 0 Å². The molecule has 0 saturated carbocycles. The van der Waals surface area contributed by atoms with Gasteiger partial charge in [-0.25, -0.2) is 0 Å². The SMILES string of the molecule is COc1ccc2ncc(Cl)c(N3CCC(CC(N)=O)CC3)c2c1. The number of pyridine rings is 1. The van der Waals surface area contributed by atoms with Gasteiger partial charge in [-0.3, -0.25) is 9.78 Å². The van der Waals surface area contributed by atoms with Crippen molar-refractivity contribution in [3.05, 3.63) is 29.4 Å². The molecule has 0 spiro atoms. The van der Waals surface area contributed by atoms with Gasteiger partial charge in [0, 0.05) is 31.1 Å². The molecule has 1 fully saturated rings. The van der Waals surface area contributed by atoms with Gasteiger partial charge in [0.05, 0.1) is 23.3 Å². The number of ether oxygens (including phenoxy) is 1. The minimum Gasteiger partial charge on any atom is -0.497 e. The number of methoxy groups -OCH3 is 1. The molecule has 1 aromatic carbocycles. The van der Waals surface area contributed by atoms with Crippen LogP contribution in [0.4, 0.5) is 5.69 Å². The Hall–Kier alpha value is -2.01. The Balaban J connectivity index is 1.90. The summed E-state index contributed by atoms with van der Waals surface area (Å²) in [6.45, 7) is 1.71. The number of carbonyl (C=O) groups excluding carboxylic acids is 1. The standard InChI is InChI=1S/C17H20ClN3O2/c1-23-12-2-3-15-13(9-12)17(14(18)10-20-15)21-6-4-11(5-7-21)8-16(19)22/h2-3,9-11H,4-8H2,1H3,(H2,19,22). The predicted molar refractivity (Wildman–Crippen MR) is 92.1 cm³/mol. The lowest BCUT2D eigenvalue weighted by Gasteiger charge is -2.34. The van der Waals surface area contributed by atoms with Crippen molar-refractivity contribution in [2.45, 2.75) is 19.3 Å². The van der Waals surface area contributed by atoms with E-state index in [-0.39, 0.29) is 5.91 Å². The molecule has 23 heavy (non-hydrogen) atoms. The minimum atomic E-state index is -0.222. The number of halogens is 1. The summed E-state index contributed by atoms with van der Waals surface area (Å²) in [4.78, 5) is 17.7. The van der Waals surface area contributed by atoms with Crippen molar-refractivity contribution in [2.24, 2.45) is 11.7 Å². The number of aromatic nitrogens is 1. The van der Waals surface area contributed by atoms with Crippen LogP contribution < -0.4 is 15.4 Å². The van der Waals surface area contributed by atoms with Crippen LogP contribution in [0, 0.1) is 5.92 Å². The number of hydrogen-bond donors (Lipinski definition) is 1. The molecule has 0 unspecified atom stereocenters. The minimum absolute atomic E-state index is 0.222. The Morgan fingerprint density at radius 3 is 2.83 bits per heavy atom. The zero-order chi connectivity index (χ0) is 16.4. The van der Waals surface area contributed by atoms with Gasteiger partial charge in [0.15, 0.2) is 0 Å². The molecule has 122 valence electrons. The normalized spacial score (nSPS) is 15.8. The van der Waals surface area contributed by atoms with Crippen LogP contribution in [-0.2, 0) is 4.79 Å². The molecule has 1 aromatic heterocycles. The van der Waals surface area contributed by atoms with Crippen LogP contribution in [0.5, 0.6) is 5.75 Å². The molecule has 3 rings (SSSR count). The summed E-state index contributed by atoms with van der Waals surface area (Å²) in [6, 6.07) is 5.80. The lowest BCUT2D eigenvalue weighted by Crippen LogP contribution is -2.35. The maximum atomic E-state index is 11.1. The van der Waals surface area contributed by atoms with Crippen LogP contribution in [0.3, 0.4) is 0 Å². The van der Waals surface area contributed by atoms with E-state index in [1.807, 2.05) is 18.2 Å². The summed E-state index contributed by atoms with van der Waals surface area (Å²) in [6.07, 6.45) is 4.04. The highest BCUT2D eigenvalue weighted by atomic mass is 35.5. The summed E-state index contributed by atoms with van der Waals surface area (Å²) in [5, 5.41) is 1.63. The number of amides is 1. The van der Waals surface area contributed by atoms with E-state index in [4.69, 9.17) is 22.1 Å². The Morgan fingerprint density at radius 2 is 2.17 bits per heavy atom. The molecule has 1 aliphatic heterocycles. The van der Waals surface area contributed by atoms with Crippen LogP contribution in [0.25, 0.3) is 10.9 Å². The third kappa shape index (κ3) is 3.34. The van der Waals surface area contributed by atoms with Crippen molar-refractivity contribution in [2.75, 3.05) is 25.1 Å². The fourth-order valence-corrected chi connectivity index (χ4v) is 3.50. The van der Waals surface area contributed by atoms with Gasteiger partial charge in [-0.15, -0.1) is 0 Å². The third-order valence-corrected chi connectivity index (χ3v) is 4.70. The smallest absolute Gasteiger partial charge is 0.217 e. The lowest BCUT2D eigenvalue weighted by atomic mass is 9.93. The van der Waals surface area contributed by atoms with E-state index in [0.717, 1.165) is 48.3 Å². The number of benzene rings is 1. The molecule has 1 saturated heterocycles. The quantitative estimate of drug-likeness (QED) is 0.934. The second-order valence-corrected chi connectivity index (χ2v) is 6.35. The summed E-state index contributed by atoms with van der Waals surface area (Å²) in [5.74, 6) is 0.928. The molecule has 1 aliphatic rings. The average Bonchev–Trinajstić information content (AvgIpc) is 2.55. The summed E-state index contributed by atoms with van der Waals surface area (Å²) >= 11 is 6.43. The zero-order valence-electron chi connectivity index (χ0n) is 13.1. The van der Waals surface area contributed by atoms with E-state index >= 15 is 0 Å². The van der Waals surface area contributed by atoms with Gasteiger partial charge in [0.25, 0.3) is 0 Å². The Morgan fingerprint density at radius 1 is 1.43 bits per heavy atom. The Labute approximate surface area is 140 Å². The molecule has 5 nitrogen and oxygen atoms in total. The molecule has 0 radical (unpaired) electrons. The van der Waals surface area contributed by atoms with E-state index in [0.29, 0.717) is 17.4 Å². The maximum Gasteiger partial charge on any atom is 0.217 e. The third-order valence-electron chi connectivity index (χ3n) is 4.42. The summed E-state index contributed by atoms with van der Waals surface area (Å²) in [7, 11) is 1.65. The number of primary amides is 1. The van der Waals surface area contributed by atoms with Crippen molar-refractivity contribution in [1.82, 2.24) is 4.98 Å². The van der Waals surface area contributed by atoms with E-state index in [1.165, 1.54) is 0 Å². The molecule has 0 atom stereocenters. The number of carbonyl (C=O) groups is 1. The topological polar surface area (TPSA) is 68.4 Å². The van der Waals surface area contributed by atoms with Crippen LogP contribution in [-0.4, -0.2) is 31.1 Å². The number of hydrogen-bond acceptors (Lipinski definition) is 4. The van der Waals surface area contributed by atoms with Crippen LogP contribution in [0.15, 0.2) is 24.4 Å². The first-order chi connectivity index (χ1) is 11.1. The van der Waals surface area contributed by atoms with Crippen molar-refractivity contribution in [3.8, 4) is 5.75 Å². The van der Waals surface area contributed by atoms with Gasteiger partial charge in [-0.2, -0.15) is 0 Å². The van der Waals surface area contributed by atoms with Gasteiger partial charge in [0.1, 0.15) is 5.75 Å². The number of anilines is 1. The van der Waals surface area contributed by atoms with Gasteiger partial charge in [-0.1, -0.05) is 11.6 Å². The highest BCUT2D eigenvalue weighted by molar-refractivity contribution is 6.34. The van der Waals surface area contributed by atoms with Crippen molar-refractivity contribution < 1.29 is 9.53 Å². The maximum absolute atomic E-state index is 11.1. The molecule has 2 heterocycles. The first kappa shape index (κ1) is 15.9. The molecule has 1 amide bonds. The number of nitrogens with zero attached hydrogens (tertiary/aromatic N) is 2. The van der Waals surface area contributed by atoms with Gasteiger partial charge < -0.3 is 15.4 Å². The lowest BCUT2D eigenvalue weighted by molar-refractivity contribution is -0.119. The van der Waals surface area contributed by atoms with Crippen molar-refractivity contribution >= 4 is 34.1 Å². The number of fused-ring (bicyclic) bond motifs is 1. The van der Waals surface area contributed by atoms with Crippen molar-refractivity contribution in [3.63, 3.8) is 0 Å². The fourth-order valence-electron chi connectivity index (χ4n) is 3.23. The fraction of sp³-hybridized carbons (Fsp3) is 0.412. The summed E-state index contributed by atoms with van der Waals surface area (Å²) in [5.41, 5.74) is 7.19.